The SMILES string of the molecule is CN(CC(=O)O)CC(Cl)c1cc(F)ccc1F. The van der Waals surface area contributed by atoms with Crippen molar-refractivity contribution in [3.8, 4) is 0 Å². The molecule has 0 saturated heterocycles. The Morgan fingerprint density at radius 1 is 1.53 bits per heavy atom. The first kappa shape index (κ1) is 13.9. The molecule has 1 rings (SSSR count). The van der Waals surface area contributed by atoms with Crippen molar-refractivity contribution < 1.29 is 18.7 Å². The second kappa shape index (κ2) is 5.93. The molecular weight excluding hydrogens is 252 g/mol. The summed E-state index contributed by atoms with van der Waals surface area (Å²) in [6.07, 6.45) is 0. The molecule has 0 spiro atoms. The fourth-order valence-electron chi connectivity index (χ4n) is 1.42. The summed E-state index contributed by atoms with van der Waals surface area (Å²) in [4.78, 5) is 11.9. The molecule has 0 aliphatic carbocycles. The van der Waals surface area contributed by atoms with E-state index in [0.29, 0.717) is 0 Å². The predicted molar refractivity (Wildman–Crippen MR) is 60.1 cm³/mol. The number of alkyl halides is 1. The summed E-state index contributed by atoms with van der Waals surface area (Å²) in [5.41, 5.74) is 0.0314. The van der Waals surface area contributed by atoms with Crippen LogP contribution in [0.5, 0.6) is 0 Å². The van der Waals surface area contributed by atoms with Gasteiger partial charge in [0.2, 0.25) is 0 Å². The topological polar surface area (TPSA) is 40.5 Å². The third kappa shape index (κ3) is 4.28. The van der Waals surface area contributed by atoms with Crippen LogP contribution >= 0.6 is 11.6 Å². The Kier molecular flexibility index (Phi) is 4.84. The van der Waals surface area contributed by atoms with Gasteiger partial charge in [0.15, 0.2) is 0 Å². The van der Waals surface area contributed by atoms with Crippen molar-refractivity contribution >= 4 is 17.6 Å². The van der Waals surface area contributed by atoms with Crippen LogP contribution in [0.3, 0.4) is 0 Å². The van der Waals surface area contributed by atoms with E-state index in [9.17, 15) is 13.6 Å². The summed E-state index contributed by atoms with van der Waals surface area (Å²) < 4.78 is 26.3. The molecule has 0 heterocycles. The number of likely N-dealkylation sites (N-methyl/N-ethyl adjacent to an activating group) is 1. The largest absolute Gasteiger partial charge is 0.480 e. The van der Waals surface area contributed by atoms with Crippen LogP contribution in [-0.4, -0.2) is 36.1 Å². The standard InChI is InChI=1S/C11H12ClF2NO2/c1-15(6-11(16)17)5-9(12)8-4-7(13)2-3-10(8)14/h2-4,9H,5-6H2,1H3,(H,16,17). The summed E-state index contributed by atoms with van der Waals surface area (Å²) in [6, 6.07) is 3.02. The lowest BCUT2D eigenvalue weighted by Gasteiger charge is -2.18. The van der Waals surface area contributed by atoms with E-state index in [2.05, 4.69) is 0 Å². The average molecular weight is 264 g/mol. The van der Waals surface area contributed by atoms with Crippen molar-refractivity contribution in [1.29, 1.82) is 0 Å². The minimum atomic E-state index is -1.00. The van der Waals surface area contributed by atoms with Crippen LogP contribution in [0.4, 0.5) is 8.78 Å². The Morgan fingerprint density at radius 3 is 2.76 bits per heavy atom. The molecular formula is C11H12ClF2NO2. The number of hydrogen-bond donors (Lipinski definition) is 1. The van der Waals surface area contributed by atoms with Crippen LogP contribution in [0.15, 0.2) is 18.2 Å². The molecule has 0 radical (unpaired) electrons. The fourth-order valence-corrected chi connectivity index (χ4v) is 1.82. The van der Waals surface area contributed by atoms with Crippen molar-refractivity contribution in [2.24, 2.45) is 0 Å². The van der Waals surface area contributed by atoms with Crippen molar-refractivity contribution in [2.45, 2.75) is 5.38 Å². The summed E-state index contributed by atoms with van der Waals surface area (Å²) in [5.74, 6) is -2.18. The van der Waals surface area contributed by atoms with Gasteiger partial charge in [-0.1, -0.05) is 0 Å². The molecule has 1 aromatic carbocycles. The molecule has 0 aliphatic rings. The zero-order chi connectivity index (χ0) is 13.0. The number of benzene rings is 1. The Labute approximate surface area is 103 Å². The third-order valence-corrected chi connectivity index (χ3v) is 2.55. The van der Waals surface area contributed by atoms with E-state index in [-0.39, 0.29) is 18.7 Å². The molecule has 94 valence electrons. The van der Waals surface area contributed by atoms with E-state index < -0.39 is 23.0 Å². The molecule has 0 amide bonds. The van der Waals surface area contributed by atoms with Crippen LogP contribution in [-0.2, 0) is 4.79 Å². The van der Waals surface area contributed by atoms with Crippen LogP contribution in [0.25, 0.3) is 0 Å². The molecule has 1 N–H and O–H groups in total. The van der Waals surface area contributed by atoms with Gasteiger partial charge in [0.05, 0.1) is 11.9 Å². The first-order chi connectivity index (χ1) is 7.90. The number of carbonyl (C=O) groups is 1. The van der Waals surface area contributed by atoms with E-state index in [0.717, 1.165) is 18.2 Å². The van der Waals surface area contributed by atoms with E-state index in [1.165, 1.54) is 4.90 Å². The monoisotopic (exact) mass is 263 g/mol. The Bertz CT molecular complexity index is 414. The molecule has 3 nitrogen and oxygen atoms in total. The highest BCUT2D eigenvalue weighted by Crippen LogP contribution is 2.24. The summed E-state index contributed by atoms with van der Waals surface area (Å²) in [6.45, 7) is -0.0889. The maximum Gasteiger partial charge on any atom is 0.317 e. The Morgan fingerprint density at radius 2 is 2.18 bits per heavy atom. The molecule has 1 unspecified atom stereocenters. The predicted octanol–water partition coefficient (Wildman–Crippen LogP) is 2.26. The highest BCUT2D eigenvalue weighted by Gasteiger charge is 2.17. The third-order valence-electron chi connectivity index (χ3n) is 2.17. The van der Waals surface area contributed by atoms with Gasteiger partial charge in [0.25, 0.3) is 0 Å². The number of halogens is 3. The molecule has 1 atom stereocenters. The number of carboxylic acid groups (broad SMARTS) is 1. The number of aliphatic carboxylic acids is 1. The second-order valence-corrected chi connectivity index (χ2v) is 4.25. The number of nitrogens with zero attached hydrogens (tertiary/aromatic N) is 1. The highest BCUT2D eigenvalue weighted by molar-refractivity contribution is 6.21. The first-order valence-electron chi connectivity index (χ1n) is 4.89. The van der Waals surface area contributed by atoms with Gasteiger partial charge in [-0.25, -0.2) is 8.78 Å². The molecule has 0 bridgehead atoms. The van der Waals surface area contributed by atoms with Crippen LogP contribution < -0.4 is 0 Å². The van der Waals surface area contributed by atoms with Gasteiger partial charge >= 0.3 is 5.97 Å². The van der Waals surface area contributed by atoms with Crippen molar-refractivity contribution in [3.05, 3.63) is 35.4 Å². The van der Waals surface area contributed by atoms with Gasteiger partial charge in [0.1, 0.15) is 11.6 Å². The van der Waals surface area contributed by atoms with Gasteiger partial charge < -0.3 is 5.11 Å². The van der Waals surface area contributed by atoms with Crippen molar-refractivity contribution in [3.63, 3.8) is 0 Å². The molecule has 6 heteroatoms. The summed E-state index contributed by atoms with van der Waals surface area (Å²) in [5, 5.41) is 7.75. The molecule has 17 heavy (non-hydrogen) atoms. The van der Waals surface area contributed by atoms with Crippen LogP contribution in [0.2, 0.25) is 0 Å². The molecule has 0 saturated carbocycles. The first-order valence-corrected chi connectivity index (χ1v) is 5.33. The van der Waals surface area contributed by atoms with Gasteiger partial charge in [-0.2, -0.15) is 0 Å². The van der Waals surface area contributed by atoms with Gasteiger partial charge in [-0.05, 0) is 25.2 Å². The van der Waals surface area contributed by atoms with Gasteiger partial charge in [0, 0.05) is 12.1 Å². The fraction of sp³-hybridized carbons (Fsp3) is 0.364. The number of rotatable bonds is 5. The lowest BCUT2D eigenvalue weighted by atomic mass is 10.1. The molecule has 0 aromatic heterocycles. The van der Waals surface area contributed by atoms with E-state index in [4.69, 9.17) is 16.7 Å². The maximum absolute atomic E-state index is 13.3. The van der Waals surface area contributed by atoms with E-state index >= 15 is 0 Å². The summed E-state index contributed by atoms with van der Waals surface area (Å²) in [7, 11) is 1.54. The Balaban J connectivity index is 2.72. The summed E-state index contributed by atoms with van der Waals surface area (Å²) >= 11 is 5.92. The van der Waals surface area contributed by atoms with Crippen molar-refractivity contribution in [2.75, 3.05) is 20.1 Å². The highest BCUT2D eigenvalue weighted by atomic mass is 35.5. The van der Waals surface area contributed by atoms with E-state index in [1.54, 1.807) is 7.05 Å². The van der Waals surface area contributed by atoms with Crippen LogP contribution in [0, 0.1) is 11.6 Å². The minimum absolute atomic E-state index is 0.0314. The van der Waals surface area contributed by atoms with E-state index in [1.807, 2.05) is 0 Å². The quantitative estimate of drug-likeness (QED) is 0.829. The second-order valence-electron chi connectivity index (χ2n) is 3.72. The smallest absolute Gasteiger partial charge is 0.317 e. The molecule has 1 aromatic rings. The zero-order valence-electron chi connectivity index (χ0n) is 9.16. The van der Waals surface area contributed by atoms with Gasteiger partial charge in [-0.15, -0.1) is 11.6 Å². The number of carboxylic acids is 1. The normalized spacial score (nSPS) is 12.8. The zero-order valence-corrected chi connectivity index (χ0v) is 9.92. The Hall–Kier alpha value is -1.20. The molecule has 0 fully saturated rings. The minimum Gasteiger partial charge on any atom is -0.480 e. The lowest BCUT2D eigenvalue weighted by Crippen LogP contribution is -2.28. The van der Waals surface area contributed by atoms with Crippen LogP contribution in [0.1, 0.15) is 10.9 Å². The number of hydrogen-bond acceptors (Lipinski definition) is 2. The maximum atomic E-state index is 13.3. The van der Waals surface area contributed by atoms with Gasteiger partial charge in [-0.3, -0.25) is 9.69 Å². The van der Waals surface area contributed by atoms with Crippen molar-refractivity contribution in [1.82, 2.24) is 4.90 Å². The molecule has 0 aliphatic heterocycles. The lowest BCUT2D eigenvalue weighted by molar-refractivity contribution is -0.137. The average Bonchev–Trinajstić information content (AvgIpc) is 2.20.